The van der Waals surface area contributed by atoms with E-state index < -0.39 is 83.7 Å². The zero-order valence-corrected chi connectivity index (χ0v) is 39.0. The van der Waals surface area contributed by atoms with Crippen molar-refractivity contribution < 1.29 is 43.8 Å². The molecule has 4 rings (SSSR count). The molecule has 7 atom stereocenters. The average Bonchev–Trinajstić information content (AvgIpc) is 3.73. The van der Waals surface area contributed by atoms with E-state index in [1.807, 2.05) is 18.2 Å². The number of phenolic OH excluding ortho intramolecular Hbond substituents is 1. The van der Waals surface area contributed by atoms with Gasteiger partial charge in [-0.25, -0.2) is 0 Å². The molecule has 0 saturated carbocycles. The third-order valence-corrected chi connectivity index (χ3v) is 11.0. The fourth-order valence-electron chi connectivity index (χ4n) is 7.18. The van der Waals surface area contributed by atoms with Crippen LogP contribution < -0.4 is 60.6 Å². The summed E-state index contributed by atoms with van der Waals surface area (Å²) in [5.74, 6) is -6.46. The monoisotopic (exact) mass is 968 g/mol. The van der Waals surface area contributed by atoms with Gasteiger partial charge in [0.05, 0.1) is 6.04 Å². The van der Waals surface area contributed by atoms with Crippen LogP contribution >= 0.6 is 0 Å². The van der Waals surface area contributed by atoms with E-state index in [0.29, 0.717) is 16.7 Å². The predicted octanol–water partition coefficient (Wildman–Crippen LogP) is -1.63. The lowest BCUT2D eigenvalue weighted by atomic mass is 10.0. The fraction of sp³-hybridized carbons (Fsp3) is 0.383. The first kappa shape index (κ1) is 54.4. The minimum Gasteiger partial charge on any atom is -0.508 e. The summed E-state index contributed by atoms with van der Waals surface area (Å²) in [6.07, 6.45) is 1.66. The van der Waals surface area contributed by atoms with E-state index in [4.69, 9.17) is 28.7 Å². The number of benzene rings is 3. The predicted molar refractivity (Wildman–Crippen MR) is 262 cm³/mol. The van der Waals surface area contributed by atoms with Gasteiger partial charge in [-0.1, -0.05) is 60.7 Å². The number of amides is 6. The van der Waals surface area contributed by atoms with Gasteiger partial charge in [0.25, 0.3) is 0 Å². The molecule has 0 saturated heterocycles. The Morgan fingerprint density at radius 3 is 1.49 bits per heavy atom. The topological polar surface area (TPSA) is 403 Å². The molecular formula is C47H64N14O9. The molecule has 4 aromatic rings. The van der Waals surface area contributed by atoms with E-state index >= 15 is 0 Å². The SMILES string of the molecule is C[C@H](N)C(=O)N[C@@H](Cc1ccccc1)C(=O)N[C@@H](CCCN=C(N)N)C(=O)N[C@@H](CCCN=C(N)N)C(=O)N[C@@H](Cc1c[nH]c2ccccc12)C(=O)N[C@@H](Cc1ccc(O)cc1)C(=O)N[C@@H](C)C(=O)O. The molecule has 0 aliphatic carbocycles. The normalized spacial score (nSPS) is 13.9. The summed E-state index contributed by atoms with van der Waals surface area (Å²) >= 11 is 0. The molecule has 0 aliphatic rings. The van der Waals surface area contributed by atoms with Gasteiger partial charge in [-0.2, -0.15) is 0 Å². The number of aromatic nitrogens is 1. The van der Waals surface area contributed by atoms with Crippen molar-refractivity contribution in [1.29, 1.82) is 0 Å². The summed E-state index contributed by atoms with van der Waals surface area (Å²) in [7, 11) is 0. The van der Waals surface area contributed by atoms with Crippen LogP contribution in [-0.2, 0) is 52.8 Å². The molecule has 376 valence electrons. The highest BCUT2D eigenvalue weighted by Crippen LogP contribution is 2.20. The van der Waals surface area contributed by atoms with Gasteiger partial charge in [0.1, 0.15) is 42.0 Å². The number of guanidine groups is 2. The van der Waals surface area contributed by atoms with Crippen LogP contribution in [0, 0.1) is 0 Å². The van der Waals surface area contributed by atoms with Crippen molar-refractivity contribution in [2.45, 2.75) is 101 Å². The molecule has 0 aliphatic heterocycles. The number of rotatable bonds is 27. The minimum atomic E-state index is -1.42. The summed E-state index contributed by atoms with van der Waals surface area (Å²) in [5.41, 5.74) is 30.5. The first-order valence-electron chi connectivity index (χ1n) is 22.6. The second kappa shape index (κ2) is 27.0. The lowest BCUT2D eigenvalue weighted by molar-refractivity contribution is -0.141. The van der Waals surface area contributed by atoms with E-state index in [2.05, 4.69) is 46.9 Å². The molecule has 0 bridgehead atoms. The van der Waals surface area contributed by atoms with Crippen molar-refractivity contribution in [3.8, 4) is 5.75 Å². The zero-order chi connectivity index (χ0) is 51.3. The maximum Gasteiger partial charge on any atom is 0.325 e. The number of hydrogen-bond donors (Lipinski definition) is 14. The van der Waals surface area contributed by atoms with Gasteiger partial charge in [-0.05, 0) is 74.4 Å². The van der Waals surface area contributed by atoms with Crippen LogP contribution in [0.1, 0.15) is 56.2 Å². The lowest BCUT2D eigenvalue weighted by Gasteiger charge is -2.27. The molecule has 0 spiro atoms. The maximum atomic E-state index is 14.6. The number of aromatic amines is 1. The average molecular weight is 969 g/mol. The van der Waals surface area contributed by atoms with Crippen molar-refractivity contribution in [2.24, 2.45) is 38.7 Å². The number of carboxylic acid groups (broad SMARTS) is 1. The van der Waals surface area contributed by atoms with Crippen LogP contribution in [0.25, 0.3) is 10.9 Å². The quantitative estimate of drug-likeness (QED) is 0.0181. The molecule has 23 nitrogen and oxygen atoms in total. The number of nitrogens with two attached hydrogens (primary N) is 5. The maximum absolute atomic E-state index is 14.6. The Hall–Kier alpha value is -8.21. The van der Waals surface area contributed by atoms with Gasteiger partial charge in [0.2, 0.25) is 35.4 Å². The number of para-hydroxylation sites is 1. The number of hydrogen-bond acceptors (Lipinski definition) is 11. The standard InChI is InChI=1S/C47H64N14O9/c1-26(48)39(63)59-37(22-28-10-4-3-5-11-28)43(67)58-34(14-8-20-53-46(49)50)40(64)57-35(15-9-21-54-47(51)52)41(65)61-38(24-30-25-55-33-13-7-6-12-32(30)33)44(68)60-36(42(66)56-27(2)45(69)70)23-29-16-18-31(62)19-17-29/h3-7,10-13,16-19,25-27,34-38,55,62H,8-9,14-15,20-24,48H2,1-2H3,(H,56,66)(H,57,64)(H,58,67)(H,59,63)(H,60,68)(H,61,65)(H,69,70)(H4,49,50,53)(H4,51,52,54)/t26-,27-,34-,35-,36-,37-,38-/m0/s1. The number of nitrogens with one attached hydrogen (secondary N) is 7. The molecule has 0 fully saturated rings. The van der Waals surface area contributed by atoms with Crippen LogP contribution in [0.4, 0.5) is 0 Å². The summed E-state index contributed by atoms with van der Waals surface area (Å²) in [5, 5.41) is 36.0. The van der Waals surface area contributed by atoms with Crippen molar-refractivity contribution in [3.63, 3.8) is 0 Å². The number of carbonyl (C=O) groups is 7. The number of aliphatic imine (C=N–C) groups is 2. The largest absolute Gasteiger partial charge is 0.508 e. The third-order valence-electron chi connectivity index (χ3n) is 11.0. The Labute approximate surface area is 404 Å². The van der Waals surface area contributed by atoms with Crippen molar-refractivity contribution in [3.05, 3.63) is 102 Å². The molecule has 1 aromatic heterocycles. The number of phenols is 1. The van der Waals surface area contributed by atoms with Crippen LogP contribution in [0.3, 0.4) is 0 Å². The number of fused-ring (bicyclic) bond motifs is 1. The number of H-pyrrole nitrogens is 1. The van der Waals surface area contributed by atoms with E-state index in [0.717, 1.165) is 10.9 Å². The van der Waals surface area contributed by atoms with E-state index in [-0.39, 0.29) is 75.7 Å². The highest BCUT2D eigenvalue weighted by molar-refractivity contribution is 5.97. The second-order valence-electron chi connectivity index (χ2n) is 16.7. The first-order valence-corrected chi connectivity index (χ1v) is 22.6. The Balaban J connectivity index is 1.69. The van der Waals surface area contributed by atoms with Gasteiger partial charge >= 0.3 is 5.97 Å². The van der Waals surface area contributed by atoms with Gasteiger partial charge in [-0.3, -0.25) is 43.5 Å². The van der Waals surface area contributed by atoms with Crippen molar-refractivity contribution in [2.75, 3.05) is 13.1 Å². The van der Waals surface area contributed by atoms with Gasteiger partial charge in [-0.15, -0.1) is 0 Å². The van der Waals surface area contributed by atoms with Crippen LogP contribution in [0.2, 0.25) is 0 Å². The number of aliphatic carboxylic acids is 1. The Morgan fingerprint density at radius 1 is 0.557 bits per heavy atom. The lowest BCUT2D eigenvalue weighted by Crippen LogP contribution is -2.60. The van der Waals surface area contributed by atoms with E-state index in [1.165, 1.54) is 38.1 Å². The van der Waals surface area contributed by atoms with Crippen LogP contribution in [0.15, 0.2) is 95.0 Å². The number of aromatic hydroxyl groups is 1. The zero-order valence-electron chi connectivity index (χ0n) is 39.0. The number of nitrogens with zero attached hydrogens (tertiary/aromatic N) is 2. The van der Waals surface area contributed by atoms with Gasteiger partial charge in [0.15, 0.2) is 11.9 Å². The third kappa shape index (κ3) is 17.8. The van der Waals surface area contributed by atoms with E-state index in [1.54, 1.807) is 42.6 Å². The first-order chi connectivity index (χ1) is 33.3. The molecule has 19 N–H and O–H groups in total. The van der Waals surface area contributed by atoms with Gasteiger partial charge < -0.3 is 75.8 Å². The Kier molecular flexibility index (Phi) is 20.9. The molecule has 6 amide bonds. The Bertz CT molecular complexity index is 2470. The summed E-state index contributed by atoms with van der Waals surface area (Å²) < 4.78 is 0. The highest BCUT2D eigenvalue weighted by atomic mass is 16.4. The molecule has 3 aromatic carbocycles. The van der Waals surface area contributed by atoms with E-state index in [9.17, 15) is 43.8 Å². The van der Waals surface area contributed by atoms with Gasteiger partial charge in [0, 0.05) is 49.5 Å². The fourth-order valence-corrected chi connectivity index (χ4v) is 7.18. The second-order valence-corrected chi connectivity index (χ2v) is 16.7. The number of carboxylic acids is 1. The molecule has 23 heteroatoms. The number of carbonyl (C=O) groups excluding carboxylic acids is 6. The molecular weight excluding hydrogens is 905 g/mol. The highest BCUT2D eigenvalue weighted by Gasteiger charge is 2.34. The minimum absolute atomic E-state index is 0.0352. The van der Waals surface area contributed by atoms with Crippen LogP contribution in [-0.4, -0.2) is 124 Å². The summed E-state index contributed by atoms with van der Waals surface area (Å²) in [4.78, 5) is 107. The molecule has 0 unspecified atom stereocenters. The smallest absolute Gasteiger partial charge is 0.325 e. The molecule has 1 heterocycles. The van der Waals surface area contributed by atoms with Crippen LogP contribution in [0.5, 0.6) is 5.75 Å². The molecule has 0 radical (unpaired) electrons. The molecule has 70 heavy (non-hydrogen) atoms. The van der Waals surface area contributed by atoms with Crippen molar-refractivity contribution in [1.82, 2.24) is 36.9 Å². The Morgan fingerprint density at radius 2 is 0.986 bits per heavy atom. The van der Waals surface area contributed by atoms with Crippen molar-refractivity contribution >= 4 is 64.2 Å². The summed E-state index contributed by atoms with van der Waals surface area (Å²) in [6.45, 7) is 2.83. The summed E-state index contributed by atoms with van der Waals surface area (Å²) in [6, 6.07) is 12.9.